The quantitative estimate of drug-likeness (QED) is 0.319. The molecule has 1 aliphatic rings. The van der Waals surface area contributed by atoms with E-state index in [0.29, 0.717) is 48.5 Å². The number of nitrogens with one attached hydrogen (secondary N) is 2. The van der Waals surface area contributed by atoms with Crippen molar-refractivity contribution in [1.29, 1.82) is 0 Å². The number of piperazine rings is 1. The van der Waals surface area contributed by atoms with Gasteiger partial charge in [0.15, 0.2) is 16.6 Å². The lowest BCUT2D eigenvalue weighted by Crippen LogP contribution is -2.50. The SMILES string of the molecule is COc1cc2ncnc(N3CCN(C(=S)Nc4ccc(S(=O)(=O)Nc5ncccn5)cc4)CC3)c2cc1OC. The van der Waals surface area contributed by atoms with Crippen LogP contribution in [0.4, 0.5) is 17.5 Å². The van der Waals surface area contributed by atoms with E-state index in [1.807, 2.05) is 12.1 Å². The molecule has 5 rings (SSSR count). The van der Waals surface area contributed by atoms with Crippen LogP contribution in [-0.2, 0) is 10.0 Å². The largest absolute Gasteiger partial charge is 0.493 e. The Bertz CT molecular complexity index is 1580. The summed E-state index contributed by atoms with van der Waals surface area (Å²) in [6, 6.07) is 11.7. The van der Waals surface area contributed by atoms with Gasteiger partial charge < -0.3 is 24.6 Å². The summed E-state index contributed by atoms with van der Waals surface area (Å²) in [6.07, 6.45) is 4.47. The lowest BCUT2D eigenvalue weighted by molar-refractivity contribution is 0.355. The number of thiocarbonyl (C=S) groups is 1. The third-order valence-corrected chi connectivity index (χ3v) is 7.90. The Morgan fingerprint density at radius 3 is 2.26 bits per heavy atom. The second-order valence-electron chi connectivity index (χ2n) is 8.53. The first-order valence-corrected chi connectivity index (χ1v) is 13.8. The topological polar surface area (TPSA) is 135 Å². The summed E-state index contributed by atoms with van der Waals surface area (Å²) >= 11 is 5.63. The van der Waals surface area contributed by atoms with Crippen LogP contribution in [0.15, 0.2) is 66.1 Å². The minimum atomic E-state index is -3.81. The molecule has 0 saturated carbocycles. The molecule has 1 aliphatic heterocycles. The number of anilines is 3. The first-order valence-electron chi connectivity index (χ1n) is 12.0. The van der Waals surface area contributed by atoms with Gasteiger partial charge in [0.05, 0.1) is 24.6 Å². The first kappa shape index (κ1) is 26.3. The highest BCUT2D eigenvalue weighted by atomic mass is 32.2. The lowest BCUT2D eigenvalue weighted by Gasteiger charge is -2.37. The van der Waals surface area contributed by atoms with Gasteiger partial charge in [0.1, 0.15) is 12.1 Å². The fourth-order valence-corrected chi connectivity index (χ4v) is 5.45. The van der Waals surface area contributed by atoms with Crippen LogP contribution >= 0.6 is 12.2 Å². The lowest BCUT2D eigenvalue weighted by atomic mass is 10.2. The summed E-state index contributed by atoms with van der Waals surface area (Å²) in [5, 5.41) is 4.63. The van der Waals surface area contributed by atoms with E-state index in [4.69, 9.17) is 21.7 Å². The summed E-state index contributed by atoms with van der Waals surface area (Å²) in [5.74, 6) is 2.07. The molecule has 0 spiro atoms. The number of sulfonamides is 1. The zero-order valence-corrected chi connectivity index (χ0v) is 22.9. The maximum absolute atomic E-state index is 12.6. The summed E-state index contributed by atoms with van der Waals surface area (Å²) in [6.45, 7) is 2.76. The Hall–Kier alpha value is -4.30. The molecule has 0 unspecified atom stereocenters. The maximum atomic E-state index is 12.6. The second-order valence-corrected chi connectivity index (χ2v) is 10.6. The van der Waals surface area contributed by atoms with E-state index in [0.717, 1.165) is 16.7 Å². The average Bonchev–Trinajstić information content (AvgIpc) is 2.96. The first-order chi connectivity index (χ1) is 18.9. The second kappa shape index (κ2) is 11.2. The van der Waals surface area contributed by atoms with Crippen molar-refractivity contribution in [3.8, 4) is 11.5 Å². The van der Waals surface area contributed by atoms with Gasteiger partial charge in [-0.15, -0.1) is 0 Å². The highest BCUT2D eigenvalue weighted by Crippen LogP contribution is 2.35. The van der Waals surface area contributed by atoms with Crippen molar-refractivity contribution < 1.29 is 17.9 Å². The van der Waals surface area contributed by atoms with E-state index in [-0.39, 0.29) is 10.8 Å². The minimum Gasteiger partial charge on any atom is -0.493 e. The van der Waals surface area contributed by atoms with Gasteiger partial charge in [-0.3, -0.25) is 0 Å². The Balaban J connectivity index is 1.21. The third-order valence-electron chi connectivity index (χ3n) is 6.19. The predicted molar refractivity (Wildman–Crippen MR) is 152 cm³/mol. The molecular formula is C25H26N8O4S2. The zero-order valence-electron chi connectivity index (χ0n) is 21.2. The average molecular weight is 567 g/mol. The summed E-state index contributed by atoms with van der Waals surface area (Å²) in [5.41, 5.74) is 1.45. The van der Waals surface area contributed by atoms with Crippen molar-refractivity contribution >= 4 is 55.7 Å². The third kappa shape index (κ3) is 5.76. The molecule has 0 amide bonds. The van der Waals surface area contributed by atoms with Gasteiger partial charge in [-0.25, -0.2) is 33.1 Å². The van der Waals surface area contributed by atoms with E-state index in [1.165, 1.54) is 24.5 Å². The number of hydrogen-bond donors (Lipinski definition) is 2. The maximum Gasteiger partial charge on any atom is 0.264 e. The molecule has 39 heavy (non-hydrogen) atoms. The number of rotatable bonds is 7. The summed E-state index contributed by atoms with van der Waals surface area (Å²) in [7, 11) is -0.618. The zero-order chi connectivity index (χ0) is 27.4. The number of methoxy groups -OCH3 is 2. The van der Waals surface area contributed by atoms with Gasteiger partial charge in [0.2, 0.25) is 5.95 Å². The van der Waals surface area contributed by atoms with Crippen molar-refractivity contribution in [2.45, 2.75) is 4.90 Å². The van der Waals surface area contributed by atoms with Gasteiger partial charge in [-0.1, -0.05) is 0 Å². The number of benzene rings is 2. The van der Waals surface area contributed by atoms with Crippen molar-refractivity contribution in [2.75, 3.05) is 55.3 Å². The normalized spacial score (nSPS) is 13.7. The molecule has 202 valence electrons. The van der Waals surface area contributed by atoms with Crippen LogP contribution in [0.25, 0.3) is 10.9 Å². The standard InChI is InChI=1S/C25H26N8O4S2/c1-36-21-14-19-20(15-22(21)37-2)28-16-29-23(19)32-10-12-33(13-11-32)25(38)30-17-4-6-18(7-5-17)39(34,35)31-24-26-8-3-9-27-24/h3-9,14-16H,10-13H2,1-2H3,(H,30,38)(H,26,27,31). The van der Waals surface area contributed by atoms with Crippen molar-refractivity contribution in [2.24, 2.45) is 0 Å². The van der Waals surface area contributed by atoms with Crippen LogP contribution in [0.2, 0.25) is 0 Å². The molecule has 2 aromatic carbocycles. The van der Waals surface area contributed by atoms with Gasteiger partial charge in [0, 0.05) is 55.7 Å². The van der Waals surface area contributed by atoms with Crippen molar-refractivity contribution in [1.82, 2.24) is 24.8 Å². The van der Waals surface area contributed by atoms with Crippen LogP contribution in [0, 0.1) is 0 Å². The van der Waals surface area contributed by atoms with Crippen molar-refractivity contribution in [3.05, 3.63) is 61.2 Å². The highest BCUT2D eigenvalue weighted by Gasteiger charge is 2.23. The van der Waals surface area contributed by atoms with Crippen LogP contribution in [0.1, 0.15) is 0 Å². The Morgan fingerprint density at radius 1 is 0.923 bits per heavy atom. The van der Waals surface area contributed by atoms with Gasteiger partial charge in [-0.2, -0.15) is 0 Å². The van der Waals surface area contributed by atoms with Crippen LogP contribution in [0.3, 0.4) is 0 Å². The van der Waals surface area contributed by atoms with E-state index in [9.17, 15) is 8.42 Å². The molecule has 0 radical (unpaired) electrons. The number of fused-ring (bicyclic) bond motifs is 1. The molecule has 1 fully saturated rings. The molecule has 2 N–H and O–H groups in total. The van der Waals surface area contributed by atoms with E-state index >= 15 is 0 Å². The van der Waals surface area contributed by atoms with Crippen LogP contribution in [-0.4, -0.2) is 78.8 Å². The van der Waals surface area contributed by atoms with Crippen LogP contribution in [0.5, 0.6) is 11.5 Å². The highest BCUT2D eigenvalue weighted by molar-refractivity contribution is 7.92. The molecule has 0 bridgehead atoms. The Morgan fingerprint density at radius 2 is 1.59 bits per heavy atom. The van der Waals surface area contributed by atoms with Crippen LogP contribution < -0.4 is 24.4 Å². The smallest absolute Gasteiger partial charge is 0.264 e. The number of aromatic nitrogens is 4. The fourth-order valence-electron chi connectivity index (χ4n) is 4.19. The van der Waals surface area contributed by atoms with Crippen molar-refractivity contribution in [3.63, 3.8) is 0 Å². The van der Waals surface area contributed by atoms with Gasteiger partial charge >= 0.3 is 0 Å². The molecule has 0 aliphatic carbocycles. The monoisotopic (exact) mass is 566 g/mol. The number of hydrogen-bond acceptors (Lipinski definition) is 10. The molecular weight excluding hydrogens is 540 g/mol. The Kier molecular flexibility index (Phi) is 7.56. The Labute approximate surface area is 231 Å². The fraction of sp³-hybridized carbons (Fsp3) is 0.240. The van der Waals surface area contributed by atoms with Gasteiger partial charge in [-0.05, 0) is 48.6 Å². The van der Waals surface area contributed by atoms with Gasteiger partial charge in [0.25, 0.3) is 10.0 Å². The number of nitrogens with zero attached hydrogens (tertiary/aromatic N) is 6. The molecule has 4 aromatic rings. The molecule has 2 aromatic heterocycles. The molecule has 12 nitrogen and oxygen atoms in total. The predicted octanol–water partition coefficient (Wildman–Crippen LogP) is 2.76. The molecule has 0 atom stereocenters. The van der Waals surface area contributed by atoms with E-state index in [1.54, 1.807) is 38.7 Å². The minimum absolute atomic E-state index is 0.00819. The number of ether oxygens (including phenoxy) is 2. The van der Waals surface area contributed by atoms with E-state index < -0.39 is 10.0 Å². The molecule has 1 saturated heterocycles. The summed E-state index contributed by atoms with van der Waals surface area (Å²) < 4.78 is 38.4. The summed E-state index contributed by atoms with van der Waals surface area (Å²) in [4.78, 5) is 21.1. The molecule has 3 heterocycles. The molecule has 14 heteroatoms. The van der Waals surface area contributed by atoms with E-state index in [2.05, 4.69) is 39.8 Å².